The van der Waals surface area contributed by atoms with E-state index in [-0.39, 0.29) is 31.8 Å². The van der Waals surface area contributed by atoms with Gasteiger partial charge in [-0.25, -0.2) is 4.39 Å². The summed E-state index contributed by atoms with van der Waals surface area (Å²) in [5.41, 5.74) is -0.392. The van der Waals surface area contributed by atoms with Gasteiger partial charge in [0.1, 0.15) is 12.4 Å². The van der Waals surface area contributed by atoms with E-state index in [9.17, 15) is 27.2 Å². The molecular weight excluding hydrogens is 340 g/mol. The normalized spacial score (nSPS) is 15.8. The first-order valence-electron chi connectivity index (χ1n) is 7.76. The molecule has 8 heteroatoms. The molecule has 0 aromatic heterocycles. The summed E-state index contributed by atoms with van der Waals surface area (Å²) in [6.07, 6.45) is -3.08. The fourth-order valence-electron chi connectivity index (χ4n) is 2.88. The van der Waals surface area contributed by atoms with Gasteiger partial charge in [-0.1, -0.05) is 18.7 Å². The molecule has 0 unspecified atom stereocenters. The van der Waals surface area contributed by atoms with Crippen LogP contribution in [0.2, 0.25) is 0 Å². The first kappa shape index (κ1) is 19.0. The number of benzene rings is 1. The van der Waals surface area contributed by atoms with E-state index in [1.54, 1.807) is 0 Å². The number of halogens is 4. The van der Waals surface area contributed by atoms with E-state index in [0.717, 1.165) is 18.2 Å². The SMILES string of the molecule is C=CC(=O)N1CCC(N(CC(F)(F)F)C(=O)c2ccccc2F)CC1. The molecule has 1 aliphatic rings. The van der Waals surface area contributed by atoms with Crippen molar-refractivity contribution >= 4 is 11.8 Å². The minimum absolute atomic E-state index is 0.190. The summed E-state index contributed by atoms with van der Waals surface area (Å²) >= 11 is 0. The van der Waals surface area contributed by atoms with E-state index in [0.29, 0.717) is 4.90 Å². The monoisotopic (exact) mass is 358 g/mol. The Kier molecular flexibility index (Phi) is 5.81. The van der Waals surface area contributed by atoms with Crippen molar-refractivity contribution in [2.45, 2.75) is 25.1 Å². The number of piperidine rings is 1. The average molecular weight is 358 g/mol. The molecule has 0 bridgehead atoms. The Morgan fingerprint density at radius 1 is 1.24 bits per heavy atom. The van der Waals surface area contributed by atoms with Crippen LogP contribution in [0.15, 0.2) is 36.9 Å². The Hall–Kier alpha value is -2.38. The van der Waals surface area contributed by atoms with Crippen molar-refractivity contribution in [3.8, 4) is 0 Å². The summed E-state index contributed by atoms with van der Waals surface area (Å²) < 4.78 is 52.6. The molecule has 1 fully saturated rings. The number of rotatable bonds is 4. The molecule has 0 saturated carbocycles. The predicted molar refractivity (Wildman–Crippen MR) is 83.3 cm³/mol. The van der Waals surface area contributed by atoms with Crippen LogP contribution in [0.3, 0.4) is 0 Å². The molecular formula is C17H18F4N2O2. The highest BCUT2D eigenvalue weighted by molar-refractivity contribution is 5.94. The zero-order chi connectivity index (χ0) is 18.6. The lowest BCUT2D eigenvalue weighted by atomic mass is 10.0. The van der Waals surface area contributed by atoms with Crippen molar-refractivity contribution in [1.29, 1.82) is 0 Å². The lowest BCUT2D eigenvalue weighted by Gasteiger charge is -2.38. The van der Waals surface area contributed by atoms with E-state index in [1.807, 2.05) is 0 Å². The summed E-state index contributed by atoms with van der Waals surface area (Å²) in [7, 11) is 0. The van der Waals surface area contributed by atoms with Crippen LogP contribution in [-0.2, 0) is 4.79 Å². The second-order valence-corrected chi connectivity index (χ2v) is 5.79. The maximum Gasteiger partial charge on any atom is 0.406 e. The highest BCUT2D eigenvalue weighted by Gasteiger charge is 2.38. The first-order chi connectivity index (χ1) is 11.7. The molecule has 2 rings (SSSR count). The van der Waals surface area contributed by atoms with Gasteiger partial charge in [-0.05, 0) is 31.1 Å². The van der Waals surface area contributed by atoms with Crippen molar-refractivity contribution in [3.05, 3.63) is 48.3 Å². The average Bonchev–Trinajstić information content (AvgIpc) is 2.58. The molecule has 0 radical (unpaired) electrons. The van der Waals surface area contributed by atoms with Crippen molar-refractivity contribution in [1.82, 2.24) is 9.80 Å². The highest BCUT2D eigenvalue weighted by atomic mass is 19.4. The molecule has 25 heavy (non-hydrogen) atoms. The molecule has 0 spiro atoms. The Labute approximate surface area is 142 Å². The van der Waals surface area contributed by atoms with Gasteiger partial charge in [0.2, 0.25) is 5.91 Å². The van der Waals surface area contributed by atoms with Crippen LogP contribution in [-0.4, -0.2) is 53.5 Å². The first-order valence-corrected chi connectivity index (χ1v) is 7.76. The number of likely N-dealkylation sites (tertiary alicyclic amines) is 1. The summed E-state index contributed by atoms with van der Waals surface area (Å²) in [5, 5.41) is 0. The second-order valence-electron chi connectivity index (χ2n) is 5.79. The van der Waals surface area contributed by atoms with E-state index >= 15 is 0 Å². The smallest absolute Gasteiger partial charge is 0.339 e. The third-order valence-corrected chi connectivity index (χ3v) is 4.11. The van der Waals surface area contributed by atoms with Crippen molar-refractivity contribution in [2.75, 3.05) is 19.6 Å². The number of carbonyl (C=O) groups excluding carboxylic acids is 2. The molecule has 0 aliphatic carbocycles. The van der Waals surface area contributed by atoms with Crippen molar-refractivity contribution in [2.24, 2.45) is 0 Å². The van der Waals surface area contributed by atoms with Crippen LogP contribution in [0, 0.1) is 5.82 Å². The number of alkyl halides is 3. The number of carbonyl (C=O) groups is 2. The molecule has 1 heterocycles. The molecule has 1 aliphatic heterocycles. The number of amides is 2. The van der Waals surface area contributed by atoms with Gasteiger partial charge in [0.05, 0.1) is 5.56 Å². The molecule has 0 N–H and O–H groups in total. The molecule has 4 nitrogen and oxygen atoms in total. The maximum atomic E-state index is 13.8. The van der Waals surface area contributed by atoms with E-state index < -0.39 is 36.1 Å². The third kappa shape index (κ3) is 4.80. The molecule has 1 aromatic carbocycles. The van der Waals surface area contributed by atoms with Crippen LogP contribution in [0.1, 0.15) is 23.2 Å². The van der Waals surface area contributed by atoms with E-state index in [2.05, 4.69) is 6.58 Å². The van der Waals surface area contributed by atoms with Gasteiger partial charge in [-0.15, -0.1) is 0 Å². The highest BCUT2D eigenvalue weighted by Crippen LogP contribution is 2.25. The van der Waals surface area contributed by atoms with Crippen LogP contribution < -0.4 is 0 Å². The third-order valence-electron chi connectivity index (χ3n) is 4.11. The summed E-state index contributed by atoms with van der Waals surface area (Å²) in [5.74, 6) is -2.16. The number of hydrogen-bond acceptors (Lipinski definition) is 2. The molecule has 136 valence electrons. The van der Waals surface area contributed by atoms with Crippen LogP contribution in [0.4, 0.5) is 17.6 Å². The van der Waals surface area contributed by atoms with Gasteiger partial charge >= 0.3 is 6.18 Å². The van der Waals surface area contributed by atoms with Gasteiger partial charge in [-0.3, -0.25) is 9.59 Å². The number of nitrogens with zero attached hydrogens (tertiary/aromatic N) is 2. The Balaban J connectivity index is 2.20. The van der Waals surface area contributed by atoms with Crippen LogP contribution in [0.5, 0.6) is 0 Å². The molecule has 0 atom stereocenters. The predicted octanol–water partition coefficient (Wildman–Crippen LogP) is 3.01. The van der Waals surface area contributed by atoms with Gasteiger partial charge in [0, 0.05) is 19.1 Å². The van der Waals surface area contributed by atoms with Crippen LogP contribution >= 0.6 is 0 Å². The van der Waals surface area contributed by atoms with E-state index in [4.69, 9.17) is 0 Å². The largest absolute Gasteiger partial charge is 0.406 e. The lowest BCUT2D eigenvalue weighted by molar-refractivity contribution is -0.147. The van der Waals surface area contributed by atoms with E-state index in [1.165, 1.54) is 17.0 Å². The fourth-order valence-corrected chi connectivity index (χ4v) is 2.88. The fraction of sp³-hybridized carbons (Fsp3) is 0.412. The molecule has 2 amide bonds. The minimum Gasteiger partial charge on any atom is -0.339 e. The molecule has 1 saturated heterocycles. The van der Waals surface area contributed by atoms with Crippen LogP contribution in [0.25, 0.3) is 0 Å². The van der Waals surface area contributed by atoms with Crippen molar-refractivity contribution in [3.63, 3.8) is 0 Å². The van der Waals surface area contributed by atoms with Gasteiger partial charge in [0.25, 0.3) is 5.91 Å². The summed E-state index contributed by atoms with van der Waals surface area (Å²) in [4.78, 5) is 26.2. The Morgan fingerprint density at radius 2 is 1.84 bits per heavy atom. The zero-order valence-corrected chi connectivity index (χ0v) is 13.4. The summed E-state index contributed by atoms with van der Waals surface area (Å²) in [6.45, 7) is 2.35. The quantitative estimate of drug-likeness (QED) is 0.613. The van der Waals surface area contributed by atoms with Gasteiger partial charge in [0.15, 0.2) is 0 Å². The zero-order valence-electron chi connectivity index (χ0n) is 13.4. The Morgan fingerprint density at radius 3 is 2.36 bits per heavy atom. The lowest BCUT2D eigenvalue weighted by Crippen LogP contribution is -2.51. The second kappa shape index (κ2) is 7.67. The summed E-state index contributed by atoms with van der Waals surface area (Å²) in [6, 6.07) is 4.23. The number of hydrogen-bond donors (Lipinski definition) is 0. The topological polar surface area (TPSA) is 40.6 Å². The molecule has 1 aromatic rings. The minimum atomic E-state index is -4.60. The van der Waals surface area contributed by atoms with Gasteiger partial charge in [-0.2, -0.15) is 13.2 Å². The Bertz CT molecular complexity index is 652. The standard InChI is InChI=1S/C17H18F4N2O2/c1-2-15(24)22-9-7-12(8-10-22)23(11-17(19,20)21)16(25)13-5-3-4-6-14(13)18/h2-6,12H,1,7-11H2. The van der Waals surface area contributed by atoms with Crippen molar-refractivity contribution < 1.29 is 27.2 Å². The maximum absolute atomic E-state index is 13.8. The van der Waals surface area contributed by atoms with Gasteiger partial charge < -0.3 is 9.80 Å².